The predicted octanol–water partition coefficient (Wildman–Crippen LogP) is 1.56. The number of carbonyl (C=O) groups excluding carboxylic acids is 1. The minimum absolute atomic E-state index is 0.143. The average molecular weight is 187 g/mol. The molecular weight excluding hydrogens is 166 g/mol. The number of hydrogen-bond acceptors (Lipinski definition) is 3. The summed E-state index contributed by atoms with van der Waals surface area (Å²) in [6.07, 6.45) is 1.02. The van der Waals surface area contributed by atoms with E-state index >= 15 is 0 Å². The maximum atomic E-state index is 11.3. The van der Waals surface area contributed by atoms with E-state index in [1.807, 2.05) is 20.8 Å². The number of carbonyl (C=O) groups is 1. The van der Waals surface area contributed by atoms with Gasteiger partial charge in [0, 0.05) is 0 Å². The van der Waals surface area contributed by atoms with Crippen molar-refractivity contribution in [2.45, 2.75) is 40.2 Å². The Morgan fingerprint density at radius 2 is 1.92 bits per heavy atom. The lowest BCUT2D eigenvalue weighted by Gasteiger charge is -2.16. The molecule has 0 aliphatic heterocycles. The van der Waals surface area contributed by atoms with Gasteiger partial charge in [-0.25, -0.2) is 0 Å². The summed E-state index contributed by atoms with van der Waals surface area (Å²) >= 11 is 0. The molecule has 0 bridgehead atoms. The fourth-order valence-corrected chi connectivity index (χ4v) is 0.711. The van der Waals surface area contributed by atoms with Crippen LogP contribution in [-0.2, 0) is 9.53 Å². The molecule has 0 saturated heterocycles. The van der Waals surface area contributed by atoms with Gasteiger partial charge >= 0.3 is 5.97 Å². The Bertz CT molecular complexity index is 157. The Morgan fingerprint density at radius 3 is 2.31 bits per heavy atom. The predicted molar refractivity (Wildman–Crippen MR) is 53.2 cm³/mol. The Balaban J connectivity index is 3.74. The highest BCUT2D eigenvalue weighted by molar-refractivity contribution is 5.75. The first-order chi connectivity index (χ1) is 5.99. The molecule has 0 rings (SSSR count). The van der Waals surface area contributed by atoms with Gasteiger partial charge in [-0.05, 0) is 11.8 Å². The van der Waals surface area contributed by atoms with Gasteiger partial charge in [0.05, 0.1) is 6.61 Å². The summed E-state index contributed by atoms with van der Waals surface area (Å²) in [5.41, 5.74) is 5.61. The summed E-state index contributed by atoms with van der Waals surface area (Å²) < 4.78 is 5.05. The second kappa shape index (κ2) is 5.97. The lowest BCUT2D eigenvalue weighted by molar-refractivity contribution is -0.147. The van der Waals surface area contributed by atoms with Crippen LogP contribution >= 0.6 is 0 Å². The van der Waals surface area contributed by atoms with Gasteiger partial charge in [0.15, 0.2) is 0 Å². The molecular formula is C10H21NO2. The van der Waals surface area contributed by atoms with E-state index in [2.05, 4.69) is 6.92 Å². The van der Waals surface area contributed by atoms with Crippen LogP contribution in [0.25, 0.3) is 0 Å². The van der Waals surface area contributed by atoms with Gasteiger partial charge in [-0.3, -0.25) is 4.79 Å². The summed E-state index contributed by atoms with van der Waals surface area (Å²) in [5.74, 6) is 0.281. The van der Waals surface area contributed by atoms with E-state index in [1.54, 1.807) is 0 Å². The first-order valence-electron chi connectivity index (χ1n) is 4.91. The summed E-state index contributed by atoms with van der Waals surface area (Å²) in [7, 11) is 0. The quantitative estimate of drug-likeness (QED) is 0.664. The molecule has 2 N–H and O–H groups in total. The average Bonchev–Trinajstić information content (AvgIpc) is 2.11. The fraction of sp³-hybridized carbons (Fsp3) is 0.900. The van der Waals surface area contributed by atoms with Crippen LogP contribution < -0.4 is 5.73 Å². The number of nitrogens with two attached hydrogens (primary N) is 1. The van der Waals surface area contributed by atoms with E-state index in [4.69, 9.17) is 10.5 Å². The Labute approximate surface area is 80.6 Å². The van der Waals surface area contributed by atoms with Gasteiger partial charge in [-0.2, -0.15) is 0 Å². The van der Waals surface area contributed by atoms with E-state index < -0.39 is 6.04 Å². The molecule has 3 nitrogen and oxygen atoms in total. The van der Waals surface area contributed by atoms with Crippen molar-refractivity contribution in [2.24, 2.45) is 17.6 Å². The van der Waals surface area contributed by atoms with Gasteiger partial charge < -0.3 is 10.5 Å². The van der Waals surface area contributed by atoms with E-state index in [9.17, 15) is 4.79 Å². The van der Waals surface area contributed by atoms with Gasteiger partial charge in [0.1, 0.15) is 6.04 Å². The highest BCUT2D eigenvalue weighted by Gasteiger charge is 2.18. The van der Waals surface area contributed by atoms with Crippen molar-refractivity contribution in [3.8, 4) is 0 Å². The molecule has 0 fully saturated rings. The van der Waals surface area contributed by atoms with Crippen molar-refractivity contribution in [1.29, 1.82) is 0 Å². The number of rotatable bonds is 5. The van der Waals surface area contributed by atoms with E-state index in [0.29, 0.717) is 12.5 Å². The molecule has 13 heavy (non-hydrogen) atoms. The monoisotopic (exact) mass is 187 g/mol. The highest BCUT2D eigenvalue weighted by atomic mass is 16.5. The van der Waals surface area contributed by atoms with Crippen LogP contribution in [0.3, 0.4) is 0 Å². The summed E-state index contributed by atoms with van der Waals surface area (Å²) in [5, 5.41) is 0. The molecule has 0 spiro atoms. The van der Waals surface area contributed by atoms with Crippen molar-refractivity contribution < 1.29 is 9.53 Å². The molecule has 0 heterocycles. The first-order valence-corrected chi connectivity index (χ1v) is 4.91. The second-order valence-corrected chi connectivity index (χ2v) is 3.91. The Hall–Kier alpha value is -0.570. The van der Waals surface area contributed by atoms with Gasteiger partial charge in [-0.15, -0.1) is 0 Å². The van der Waals surface area contributed by atoms with Gasteiger partial charge in [-0.1, -0.05) is 34.1 Å². The van der Waals surface area contributed by atoms with Crippen molar-refractivity contribution in [2.75, 3.05) is 6.61 Å². The summed E-state index contributed by atoms with van der Waals surface area (Å²) in [6.45, 7) is 8.43. The fourth-order valence-electron chi connectivity index (χ4n) is 0.711. The first kappa shape index (κ1) is 12.4. The van der Waals surface area contributed by atoms with Crippen LogP contribution in [0.2, 0.25) is 0 Å². The normalized spacial score (nSPS) is 15.5. The molecule has 0 aliphatic carbocycles. The van der Waals surface area contributed by atoms with Gasteiger partial charge in [0.2, 0.25) is 0 Å². The minimum Gasteiger partial charge on any atom is -0.464 e. The smallest absolute Gasteiger partial charge is 0.323 e. The van der Waals surface area contributed by atoms with Crippen molar-refractivity contribution in [1.82, 2.24) is 0 Å². The topological polar surface area (TPSA) is 52.3 Å². The molecule has 0 radical (unpaired) electrons. The van der Waals surface area contributed by atoms with Crippen LogP contribution in [0.1, 0.15) is 34.1 Å². The van der Waals surface area contributed by atoms with E-state index in [0.717, 1.165) is 6.42 Å². The lowest BCUT2D eigenvalue weighted by atomic mass is 10.1. The van der Waals surface area contributed by atoms with Crippen LogP contribution in [-0.4, -0.2) is 18.6 Å². The van der Waals surface area contributed by atoms with E-state index in [-0.39, 0.29) is 11.9 Å². The van der Waals surface area contributed by atoms with Crippen LogP contribution in [0.5, 0.6) is 0 Å². The number of ether oxygens (including phenoxy) is 1. The SMILES string of the molecule is CCC(C)COC(=O)[C@@H](N)C(C)C. The maximum Gasteiger partial charge on any atom is 0.323 e. The third-order valence-electron chi connectivity index (χ3n) is 2.20. The molecule has 0 saturated carbocycles. The van der Waals surface area contributed by atoms with Crippen LogP contribution in [0.15, 0.2) is 0 Å². The number of esters is 1. The molecule has 1 unspecified atom stereocenters. The van der Waals surface area contributed by atoms with Gasteiger partial charge in [0.25, 0.3) is 0 Å². The van der Waals surface area contributed by atoms with Crippen LogP contribution in [0, 0.1) is 11.8 Å². The highest BCUT2D eigenvalue weighted by Crippen LogP contribution is 2.04. The standard InChI is InChI=1S/C10H21NO2/c1-5-8(4)6-13-10(12)9(11)7(2)3/h7-9H,5-6,11H2,1-4H3/t8?,9-/m0/s1. The third-order valence-corrected chi connectivity index (χ3v) is 2.20. The number of hydrogen-bond donors (Lipinski definition) is 1. The lowest BCUT2D eigenvalue weighted by Crippen LogP contribution is -2.37. The Kier molecular flexibility index (Phi) is 5.71. The van der Waals surface area contributed by atoms with Crippen molar-refractivity contribution >= 4 is 5.97 Å². The molecule has 0 aromatic heterocycles. The minimum atomic E-state index is -0.482. The van der Waals surface area contributed by atoms with E-state index in [1.165, 1.54) is 0 Å². The second-order valence-electron chi connectivity index (χ2n) is 3.91. The largest absolute Gasteiger partial charge is 0.464 e. The van der Waals surface area contributed by atoms with Crippen molar-refractivity contribution in [3.05, 3.63) is 0 Å². The molecule has 3 heteroatoms. The zero-order chi connectivity index (χ0) is 10.4. The molecule has 78 valence electrons. The van der Waals surface area contributed by atoms with Crippen molar-refractivity contribution in [3.63, 3.8) is 0 Å². The molecule has 0 aromatic rings. The maximum absolute atomic E-state index is 11.3. The molecule has 0 aliphatic rings. The molecule has 0 amide bonds. The summed E-state index contributed by atoms with van der Waals surface area (Å²) in [4.78, 5) is 11.3. The summed E-state index contributed by atoms with van der Waals surface area (Å²) in [6, 6.07) is -0.482. The Morgan fingerprint density at radius 1 is 1.38 bits per heavy atom. The molecule has 2 atom stereocenters. The zero-order valence-electron chi connectivity index (χ0n) is 9.04. The molecule has 0 aromatic carbocycles. The van der Waals surface area contributed by atoms with Crippen LogP contribution in [0.4, 0.5) is 0 Å². The third kappa shape index (κ3) is 4.88. The zero-order valence-corrected chi connectivity index (χ0v) is 9.04.